The molecule has 2 N–H and O–H groups in total. The van der Waals surface area contributed by atoms with Crippen molar-refractivity contribution in [1.82, 2.24) is 9.55 Å². The summed E-state index contributed by atoms with van der Waals surface area (Å²) < 4.78 is 7.15. The Morgan fingerprint density at radius 2 is 2.19 bits per heavy atom. The maximum atomic E-state index is 6.26. The van der Waals surface area contributed by atoms with Crippen molar-refractivity contribution < 1.29 is 4.74 Å². The minimum Gasteiger partial charge on any atom is -0.495 e. The van der Waals surface area contributed by atoms with Gasteiger partial charge in [-0.1, -0.05) is 31.5 Å². The number of allylic oxidation sites excluding steroid dienone is 1. The monoisotopic (exact) mass is 305 g/mol. The molecule has 0 aliphatic carbocycles. The van der Waals surface area contributed by atoms with Gasteiger partial charge in [0.2, 0.25) is 0 Å². The van der Waals surface area contributed by atoms with Crippen molar-refractivity contribution in [3.05, 3.63) is 41.7 Å². The molecule has 0 atom stereocenters. The number of rotatable bonds is 5. The highest BCUT2D eigenvalue weighted by atomic mass is 35.5. The number of imidazole rings is 1. The first-order chi connectivity index (χ1) is 9.99. The second kappa shape index (κ2) is 6.22. The van der Waals surface area contributed by atoms with E-state index in [0.717, 1.165) is 17.1 Å². The fourth-order valence-electron chi connectivity index (χ4n) is 2.27. The summed E-state index contributed by atoms with van der Waals surface area (Å²) >= 11 is 6.19. The van der Waals surface area contributed by atoms with Crippen LogP contribution in [0.4, 0.5) is 5.82 Å². The van der Waals surface area contributed by atoms with Crippen LogP contribution in [-0.4, -0.2) is 16.7 Å². The Morgan fingerprint density at radius 3 is 2.71 bits per heavy atom. The van der Waals surface area contributed by atoms with Crippen LogP contribution in [0.5, 0.6) is 5.75 Å². The van der Waals surface area contributed by atoms with E-state index < -0.39 is 0 Å². The molecule has 2 aromatic rings. The van der Waals surface area contributed by atoms with Crippen molar-refractivity contribution in [3.63, 3.8) is 0 Å². The molecule has 5 heteroatoms. The van der Waals surface area contributed by atoms with Crippen LogP contribution in [0.15, 0.2) is 30.9 Å². The second-order valence-electron chi connectivity index (χ2n) is 5.11. The number of nitrogen functional groups attached to an aromatic ring is 1. The van der Waals surface area contributed by atoms with E-state index in [1.807, 2.05) is 28.8 Å². The normalized spacial score (nSPS) is 10.9. The van der Waals surface area contributed by atoms with E-state index in [9.17, 15) is 0 Å². The van der Waals surface area contributed by atoms with Gasteiger partial charge in [-0.2, -0.15) is 0 Å². The van der Waals surface area contributed by atoms with Crippen LogP contribution in [0.3, 0.4) is 0 Å². The largest absolute Gasteiger partial charge is 0.495 e. The molecule has 0 radical (unpaired) electrons. The van der Waals surface area contributed by atoms with Gasteiger partial charge in [0, 0.05) is 18.0 Å². The highest BCUT2D eigenvalue weighted by Crippen LogP contribution is 2.34. The molecule has 1 aromatic heterocycles. The Hall–Kier alpha value is -1.94. The van der Waals surface area contributed by atoms with E-state index in [2.05, 4.69) is 25.4 Å². The van der Waals surface area contributed by atoms with Gasteiger partial charge in [-0.15, -0.1) is 6.58 Å². The van der Waals surface area contributed by atoms with Gasteiger partial charge < -0.3 is 15.0 Å². The average Bonchev–Trinajstić information content (AvgIpc) is 2.77. The first-order valence-electron chi connectivity index (χ1n) is 6.80. The number of aromatic nitrogens is 2. The van der Waals surface area contributed by atoms with E-state index in [1.54, 1.807) is 7.11 Å². The number of ether oxygens (including phenoxy) is 1. The molecule has 21 heavy (non-hydrogen) atoms. The summed E-state index contributed by atoms with van der Waals surface area (Å²) in [5, 5.41) is 0.541. The van der Waals surface area contributed by atoms with E-state index in [-0.39, 0.29) is 5.92 Å². The maximum Gasteiger partial charge on any atom is 0.137 e. The lowest BCUT2D eigenvalue weighted by molar-refractivity contribution is 0.415. The molecule has 0 fully saturated rings. The summed E-state index contributed by atoms with van der Waals surface area (Å²) in [6, 6.07) is 5.55. The highest BCUT2D eigenvalue weighted by molar-refractivity contribution is 6.32. The molecule has 0 bridgehead atoms. The molecule has 0 unspecified atom stereocenters. The van der Waals surface area contributed by atoms with Crippen LogP contribution in [0.25, 0.3) is 11.3 Å². The van der Waals surface area contributed by atoms with E-state index in [4.69, 9.17) is 22.1 Å². The predicted molar refractivity (Wildman–Crippen MR) is 87.9 cm³/mol. The Labute approximate surface area is 130 Å². The summed E-state index contributed by atoms with van der Waals surface area (Å²) in [4.78, 5) is 4.69. The van der Waals surface area contributed by atoms with Crippen LogP contribution in [0.2, 0.25) is 5.02 Å². The van der Waals surface area contributed by atoms with E-state index in [0.29, 0.717) is 23.1 Å². The first-order valence-corrected chi connectivity index (χ1v) is 7.18. The van der Waals surface area contributed by atoms with Gasteiger partial charge in [0.1, 0.15) is 23.1 Å². The summed E-state index contributed by atoms with van der Waals surface area (Å²) in [5.41, 5.74) is 7.88. The van der Waals surface area contributed by atoms with Crippen LogP contribution in [0, 0.1) is 0 Å². The zero-order valence-corrected chi connectivity index (χ0v) is 13.3. The summed E-state index contributed by atoms with van der Waals surface area (Å²) in [7, 11) is 1.59. The molecule has 0 aliphatic heterocycles. The van der Waals surface area contributed by atoms with E-state index in [1.165, 1.54) is 0 Å². The molecule has 0 aliphatic rings. The molecule has 4 nitrogen and oxygen atoms in total. The average molecular weight is 306 g/mol. The smallest absolute Gasteiger partial charge is 0.137 e. The predicted octanol–water partition coefficient (Wildman–Crippen LogP) is 4.10. The quantitative estimate of drug-likeness (QED) is 0.846. The third kappa shape index (κ3) is 2.90. The van der Waals surface area contributed by atoms with Crippen molar-refractivity contribution in [2.24, 2.45) is 0 Å². The van der Waals surface area contributed by atoms with Gasteiger partial charge in [-0.25, -0.2) is 4.98 Å². The van der Waals surface area contributed by atoms with Gasteiger partial charge in [0.05, 0.1) is 12.1 Å². The summed E-state index contributed by atoms with van der Waals surface area (Å²) in [6.45, 7) is 8.59. The third-order valence-electron chi connectivity index (χ3n) is 3.29. The lowest BCUT2D eigenvalue weighted by atomic mass is 10.1. The van der Waals surface area contributed by atoms with Crippen LogP contribution < -0.4 is 10.5 Å². The summed E-state index contributed by atoms with van der Waals surface area (Å²) in [5.74, 6) is 2.47. The lowest BCUT2D eigenvalue weighted by Crippen LogP contribution is -2.07. The maximum absolute atomic E-state index is 6.26. The zero-order chi connectivity index (χ0) is 15.6. The minimum absolute atomic E-state index is 0.273. The van der Waals surface area contributed by atoms with Crippen molar-refractivity contribution >= 4 is 17.4 Å². The molecule has 0 saturated carbocycles. The molecule has 0 saturated heterocycles. The fraction of sp³-hybridized carbons (Fsp3) is 0.312. The number of methoxy groups -OCH3 is 1. The molecule has 1 aromatic carbocycles. The Kier molecular flexibility index (Phi) is 4.58. The standard InChI is InChI=1S/C16H20ClN3O/c1-5-8-20-15(18)14(19-16(20)10(2)3)11-6-7-13(21-4)12(17)9-11/h5-7,9-10H,1,8,18H2,2-4H3. The number of nitrogens with two attached hydrogens (primary N) is 1. The minimum atomic E-state index is 0.273. The van der Waals surface area contributed by atoms with Crippen LogP contribution >= 0.6 is 11.6 Å². The van der Waals surface area contributed by atoms with Crippen molar-refractivity contribution in [2.75, 3.05) is 12.8 Å². The number of hydrogen-bond donors (Lipinski definition) is 1. The van der Waals surface area contributed by atoms with E-state index >= 15 is 0 Å². The third-order valence-corrected chi connectivity index (χ3v) is 3.58. The second-order valence-corrected chi connectivity index (χ2v) is 5.51. The van der Waals surface area contributed by atoms with Crippen molar-refractivity contribution in [1.29, 1.82) is 0 Å². The van der Waals surface area contributed by atoms with Crippen LogP contribution in [0.1, 0.15) is 25.6 Å². The highest BCUT2D eigenvalue weighted by Gasteiger charge is 2.18. The number of nitrogens with zero attached hydrogens (tertiary/aromatic N) is 2. The fourth-order valence-corrected chi connectivity index (χ4v) is 2.53. The number of hydrogen-bond acceptors (Lipinski definition) is 3. The topological polar surface area (TPSA) is 53.1 Å². The first kappa shape index (κ1) is 15.4. The lowest BCUT2D eigenvalue weighted by Gasteiger charge is -2.09. The molecule has 0 spiro atoms. The molecule has 2 rings (SSSR count). The van der Waals surface area contributed by atoms with Gasteiger partial charge in [0.25, 0.3) is 0 Å². The Balaban J connectivity index is 2.56. The zero-order valence-electron chi connectivity index (χ0n) is 12.6. The molecule has 0 amide bonds. The number of benzene rings is 1. The molecular weight excluding hydrogens is 286 g/mol. The van der Waals surface area contributed by atoms with Gasteiger partial charge in [-0.05, 0) is 18.2 Å². The number of anilines is 1. The van der Waals surface area contributed by atoms with Crippen molar-refractivity contribution in [3.8, 4) is 17.0 Å². The Morgan fingerprint density at radius 1 is 1.48 bits per heavy atom. The van der Waals surface area contributed by atoms with Gasteiger partial charge >= 0.3 is 0 Å². The SMILES string of the molecule is C=CCn1c(C(C)C)nc(-c2ccc(OC)c(Cl)c2)c1N. The van der Waals surface area contributed by atoms with Crippen LogP contribution in [-0.2, 0) is 6.54 Å². The van der Waals surface area contributed by atoms with Crippen molar-refractivity contribution in [2.45, 2.75) is 26.3 Å². The summed E-state index contributed by atoms with van der Waals surface area (Å²) in [6.07, 6.45) is 1.81. The van der Waals surface area contributed by atoms with Gasteiger partial charge in [-0.3, -0.25) is 0 Å². The Bertz CT molecular complexity index is 662. The molecule has 1 heterocycles. The number of halogens is 1. The molecule has 112 valence electrons. The molecular formula is C16H20ClN3O. The van der Waals surface area contributed by atoms with Gasteiger partial charge in [0.15, 0.2) is 0 Å².